The predicted molar refractivity (Wildman–Crippen MR) is 137 cm³/mol. The summed E-state index contributed by atoms with van der Waals surface area (Å²) in [7, 11) is 0. The summed E-state index contributed by atoms with van der Waals surface area (Å²) in [5, 5.41) is 34.8. The highest BCUT2D eigenvalue weighted by Gasteiger charge is 2.31. The Bertz CT molecular complexity index is 1020. The van der Waals surface area contributed by atoms with Gasteiger partial charge in [0.05, 0.1) is 12.5 Å². The number of aliphatic carboxylic acids is 2. The number of amides is 4. The molecule has 0 fully saturated rings. The van der Waals surface area contributed by atoms with E-state index in [0.29, 0.717) is 24.9 Å². The van der Waals surface area contributed by atoms with E-state index in [4.69, 9.17) is 17.2 Å². The van der Waals surface area contributed by atoms with E-state index in [9.17, 15) is 44.1 Å². The summed E-state index contributed by atoms with van der Waals surface area (Å²) in [6.45, 7) is 0.314. The Labute approximate surface area is 224 Å². The molecule has 1 aromatic rings. The van der Waals surface area contributed by atoms with Crippen LogP contribution in [0.25, 0.3) is 0 Å². The number of primary amides is 1. The fraction of sp³-hybridized carbons (Fsp3) is 0.500. The molecule has 4 unspecified atom stereocenters. The number of unbranched alkanes of at least 4 members (excludes halogenated alkanes) is 1. The minimum absolute atomic E-state index is 0.0379. The van der Waals surface area contributed by atoms with Crippen LogP contribution in [0.4, 0.5) is 0 Å². The SMILES string of the molecule is NCCCCC(NC(=O)C(N)Cc1ccc(O)cc1)C(=O)NC(CC(=O)O)C(=O)NC(CCC(N)=O)C(=O)O. The van der Waals surface area contributed by atoms with E-state index >= 15 is 0 Å². The first-order chi connectivity index (χ1) is 18.3. The van der Waals surface area contributed by atoms with Gasteiger partial charge in [0, 0.05) is 6.42 Å². The summed E-state index contributed by atoms with van der Waals surface area (Å²) >= 11 is 0. The van der Waals surface area contributed by atoms with Gasteiger partial charge in [-0.3, -0.25) is 24.0 Å². The lowest BCUT2D eigenvalue weighted by molar-refractivity contribution is -0.143. The second-order valence-electron chi connectivity index (χ2n) is 8.89. The van der Waals surface area contributed by atoms with E-state index in [0.717, 1.165) is 0 Å². The molecule has 0 aliphatic rings. The summed E-state index contributed by atoms with van der Waals surface area (Å²) in [6.07, 6.45) is -0.477. The predicted octanol–water partition coefficient (Wildman–Crippen LogP) is -2.33. The molecule has 4 amide bonds. The number of nitrogens with one attached hydrogen (secondary N) is 3. The van der Waals surface area contributed by atoms with E-state index < -0.39 is 66.2 Å². The molecular weight excluding hydrogens is 516 g/mol. The molecule has 0 aromatic heterocycles. The van der Waals surface area contributed by atoms with Gasteiger partial charge in [0.15, 0.2) is 0 Å². The topological polar surface area (TPSA) is 277 Å². The number of benzene rings is 1. The van der Waals surface area contributed by atoms with E-state index in [1.165, 1.54) is 12.1 Å². The molecule has 0 aliphatic carbocycles. The molecule has 15 nitrogen and oxygen atoms in total. The Morgan fingerprint density at radius 1 is 0.795 bits per heavy atom. The van der Waals surface area contributed by atoms with Gasteiger partial charge in [0.1, 0.15) is 23.9 Å². The maximum atomic E-state index is 13.0. The average molecular weight is 553 g/mol. The van der Waals surface area contributed by atoms with Crippen LogP contribution in [0, 0.1) is 0 Å². The number of phenolic OH excluding ortho intramolecular Hbond substituents is 1. The lowest BCUT2D eigenvalue weighted by atomic mass is 10.0. The normalized spacial score (nSPS) is 13.8. The molecule has 1 aromatic carbocycles. The van der Waals surface area contributed by atoms with Gasteiger partial charge >= 0.3 is 11.9 Å². The van der Waals surface area contributed by atoms with Crippen molar-refractivity contribution in [2.75, 3.05) is 6.54 Å². The minimum Gasteiger partial charge on any atom is -0.508 e. The summed E-state index contributed by atoms with van der Waals surface area (Å²) < 4.78 is 0. The number of carboxylic acid groups (broad SMARTS) is 2. The van der Waals surface area contributed by atoms with Gasteiger partial charge in [-0.25, -0.2) is 4.79 Å². The Morgan fingerprint density at radius 2 is 1.36 bits per heavy atom. The van der Waals surface area contributed by atoms with E-state index in [-0.39, 0.29) is 31.4 Å². The van der Waals surface area contributed by atoms with Crippen LogP contribution in [0.3, 0.4) is 0 Å². The summed E-state index contributed by atoms with van der Waals surface area (Å²) in [5.74, 6) is -6.39. The van der Waals surface area contributed by atoms with Crippen molar-refractivity contribution in [2.45, 2.75) is 69.1 Å². The molecule has 12 N–H and O–H groups in total. The van der Waals surface area contributed by atoms with Gasteiger partial charge in [0.2, 0.25) is 23.6 Å². The Hall–Kier alpha value is -4.24. The van der Waals surface area contributed by atoms with Crippen molar-refractivity contribution in [1.82, 2.24) is 16.0 Å². The number of nitrogens with two attached hydrogens (primary N) is 3. The van der Waals surface area contributed by atoms with Gasteiger partial charge < -0.3 is 48.5 Å². The van der Waals surface area contributed by atoms with Gasteiger partial charge in [-0.15, -0.1) is 0 Å². The van der Waals surface area contributed by atoms with Crippen molar-refractivity contribution in [1.29, 1.82) is 0 Å². The molecule has 0 bridgehead atoms. The van der Waals surface area contributed by atoms with E-state index in [1.807, 2.05) is 0 Å². The molecule has 0 saturated heterocycles. The molecule has 15 heteroatoms. The number of carbonyl (C=O) groups is 6. The standard InChI is InChI=1S/C24H36N6O9/c25-10-2-1-3-16(28-21(35)15(26)11-13-4-6-14(31)7-5-13)22(36)30-18(12-20(33)34)23(37)29-17(24(38)39)8-9-19(27)32/h4-7,15-18,31H,1-3,8-12,25-26H2,(H2,27,32)(H,28,35)(H,29,37)(H,30,36)(H,33,34)(H,38,39). The number of hydrogen-bond acceptors (Lipinski definition) is 9. The van der Waals surface area contributed by atoms with Crippen LogP contribution in [-0.4, -0.2) is 81.6 Å². The highest BCUT2D eigenvalue weighted by atomic mass is 16.4. The third-order valence-corrected chi connectivity index (χ3v) is 5.61. The number of carbonyl (C=O) groups excluding carboxylic acids is 4. The zero-order valence-electron chi connectivity index (χ0n) is 21.3. The zero-order valence-corrected chi connectivity index (χ0v) is 21.3. The molecule has 4 atom stereocenters. The minimum atomic E-state index is -1.69. The number of hydrogen-bond donors (Lipinski definition) is 9. The Balaban J connectivity index is 2.98. The van der Waals surface area contributed by atoms with Crippen LogP contribution in [0.2, 0.25) is 0 Å². The number of phenols is 1. The number of rotatable bonds is 18. The first-order valence-electron chi connectivity index (χ1n) is 12.2. The van der Waals surface area contributed by atoms with E-state index in [1.54, 1.807) is 12.1 Å². The van der Waals surface area contributed by atoms with E-state index in [2.05, 4.69) is 16.0 Å². The first-order valence-corrected chi connectivity index (χ1v) is 12.2. The van der Waals surface area contributed by atoms with Crippen LogP contribution < -0.4 is 33.2 Å². The van der Waals surface area contributed by atoms with Crippen molar-refractivity contribution < 1.29 is 44.1 Å². The van der Waals surface area contributed by atoms with Gasteiger partial charge in [-0.2, -0.15) is 0 Å². The Morgan fingerprint density at radius 3 is 1.90 bits per heavy atom. The number of aromatic hydroxyl groups is 1. The third kappa shape index (κ3) is 12.7. The van der Waals surface area contributed by atoms with Crippen LogP contribution in [-0.2, 0) is 35.2 Å². The molecular formula is C24H36N6O9. The van der Waals surface area contributed by atoms with Crippen LogP contribution in [0.15, 0.2) is 24.3 Å². The lowest BCUT2D eigenvalue weighted by Crippen LogP contribution is -2.57. The molecule has 39 heavy (non-hydrogen) atoms. The van der Waals surface area contributed by atoms with Crippen molar-refractivity contribution in [3.05, 3.63) is 29.8 Å². The fourth-order valence-electron chi connectivity index (χ4n) is 3.49. The highest BCUT2D eigenvalue weighted by Crippen LogP contribution is 2.11. The maximum absolute atomic E-state index is 13.0. The zero-order chi connectivity index (χ0) is 29.5. The van der Waals surface area contributed by atoms with Crippen molar-refractivity contribution in [3.63, 3.8) is 0 Å². The smallest absolute Gasteiger partial charge is 0.326 e. The van der Waals surface area contributed by atoms with Crippen molar-refractivity contribution >= 4 is 35.6 Å². The third-order valence-electron chi connectivity index (χ3n) is 5.61. The van der Waals surface area contributed by atoms with Gasteiger partial charge in [0.25, 0.3) is 0 Å². The molecule has 0 saturated carbocycles. The maximum Gasteiger partial charge on any atom is 0.326 e. The second-order valence-corrected chi connectivity index (χ2v) is 8.89. The van der Waals surface area contributed by atoms with Crippen molar-refractivity contribution in [2.24, 2.45) is 17.2 Å². The summed E-state index contributed by atoms with van der Waals surface area (Å²) in [6, 6.07) is 0.497. The van der Waals surface area contributed by atoms with Crippen LogP contribution in [0.5, 0.6) is 5.75 Å². The van der Waals surface area contributed by atoms with Crippen molar-refractivity contribution in [3.8, 4) is 5.75 Å². The summed E-state index contributed by atoms with van der Waals surface area (Å²) in [5.41, 5.74) is 17.2. The molecule has 0 spiro atoms. The molecule has 0 radical (unpaired) electrons. The Kier molecular flexibility index (Phi) is 13.9. The van der Waals surface area contributed by atoms with Gasteiger partial charge in [-0.1, -0.05) is 12.1 Å². The van der Waals surface area contributed by atoms with Gasteiger partial charge in [-0.05, 0) is 56.3 Å². The first kappa shape index (κ1) is 32.8. The largest absolute Gasteiger partial charge is 0.508 e. The highest BCUT2D eigenvalue weighted by molar-refractivity contribution is 5.95. The summed E-state index contributed by atoms with van der Waals surface area (Å²) in [4.78, 5) is 72.3. The lowest BCUT2D eigenvalue weighted by Gasteiger charge is -2.24. The average Bonchev–Trinajstić information content (AvgIpc) is 2.86. The second kappa shape index (κ2) is 16.6. The molecule has 216 valence electrons. The molecule has 0 aliphatic heterocycles. The van der Waals surface area contributed by atoms with Crippen LogP contribution >= 0.6 is 0 Å². The van der Waals surface area contributed by atoms with Crippen LogP contribution in [0.1, 0.15) is 44.1 Å². The molecule has 1 rings (SSSR count). The fourth-order valence-corrected chi connectivity index (χ4v) is 3.49. The quantitative estimate of drug-likeness (QED) is 0.0871. The molecule has 0 heterocycles. The monoisotopic (exact) mass is 552 g/mol. The number of carboxylic acids is 2.